The van der Waals surface area contributed by atoms with E-state index >= 15 is 0 Å². The van der Waals surface area contributed by atoms with Gasteiger partial charge in [0.1, 0.15) is 5.56 Å². The van der Waals surface area contributed by atoms with Crippen LogP contribution in [0.25, 0.3) is 22.0 Å². The maximum atomic E-state index is 12.5. The molecule has 0 bridgehead atoms. The van der Waals surface area contributed by atoms with Crippen molar-refractivity contribution >= 4 is 16.9 Å². The first-order chi connectivity index (χ1) is 12.0. The Labute approximate surface area is 144 Å². The molecule has 0 fully saturated rings. The molecule has 6 nitrogen and oxygen atoms in total. The predicted octanol–water partition coefficient (Wildman–Crippen LogP) is 3.08. The maximum absolute atomic E-state index is 12.5. The molecular formula is C19H18N2O4. The number of rotatable bonds is 4. The van der Waals surface area contributed by atoms with E-state index in [1.54, 1.807) is 20.1 Å². The predicted molar refractivity (Wildman–Crippen MR) is 95.0 cm³/mol. The van der Waals surface area contributed by atoms with Crippen molar-refractivity contribution in [3.05, 3.63) is 58.0 Å². The first-order valence-electron chi connectivity index (χ1n) is 7.89. The third kappa shape index (κ3) is 3.24. The Morgan fingerprint density at radius 2 is 2.00 bits per heavy atom. The van der Waals surface area contributed by atoms with E-state index < -0.39 is 5.97 Å². The van der Waals surface area contributed by atoms with Gasteiger partial charge in [-0.3, -0.25) is 4.79 Å². The van der Waals surface area contributed by atoms with Crippen LogP contribution in [0.4, 0.5) is 0 Å². The number of aromatic amines is 1. The summed E-state index contributed by atoms with van der Waals surface area (Å²) >= 11 is 0. The van der Waals surface area contributed by atoms with Crippen LogP contribution < -0.4 is 10.2 Å². The summed E-state index contributed by atoms with van der Waals surface area (Å²) in [5.74, 6) is -0.0922. The lowest BCUT2D eigenvalue weighted by Gasteiger charge is -2.08. The van der Waals surface area contributed by atoms with Gasteiger partial charge in [0.05, 0.1) is 13.7 Å². The Morgan fingerprint density at radius 1 is 1.20 bits per heavy atom. The van der Waals surface area contributed by atoms with Gasteiger partial charge in [0.2, 0.25) is 11.3 Å². The second kappa shape index (κ2) is 6.76. The van der Waals surface area contributed by atoms with Gasteiger partial charge in [0.15, 0.2) is 0 Å². The Balaban J connectivity index is 2.10. The standard InChI is InChI=1S/C19H18N2O4/c1-4-25-19(23)15-10-20-16-8-12(5-6-14(16)18(15)22)13-7-11(2)21-17(9-13)24-3/h5-10H,4H2,1-3H3,(H,20,22). The maximum Gasteiger partial charge on any atom is 0.343 e. The molecule has 0 aliphatic heterocycles. The van der Waals surface area contributed by atoms with Crippen LogP contribution in [0.2, 0.25) is 0 Å². The lowest BCUT2D eigenvalue weighted by molar-refractivity contribution is 0.0524. The summed E-state index contributed by atoms with van der Waals surface area (Å²) in [6, 6.07) is 9.17. The highest BCUT2D eigenvalue weighted by molar-refractivity contribution is 5.94. The molecule has 6 heteroatoms. The minimum atomic E-state index is -0.621. The van der Waals surface area contributed by atoms with E-state index in [0.29, 0.717) is 16.8 Å². The van der Waals surface area contributed by atoms with E-state index in [-0.39, 0.29) is 17.6 Å². The molecular weight excluding hydrogens is 320 g/mol. The second-order valence-electron chi connectivity index (χ2n) is 5.55. The molecule has 1 aromatic carbocycles. The molecule has 0 aliphatic rings. The molecule has 3 rings (SSSR count). The normalized spacial score (nSPS) is 10.7. The number of hydrogen-bond acceptors (Lipinski definition) is 5. The van der Waals surface area contributed by atoms with Crippen molar-refractivity contribution in [3.63, 3.8) is 0 Å². The third-order valence-corrected chi connectivity index (χ3v) is 3.85. The Kier molecular flexibility index (Phi) is 4.52. The molecule has 25 heavy (non-hydrogen) atoms. The summed E-state index contributed by atoms with van der Waals surface area (Å²) in [7, 11) is 1.57. The fourth-order valence-corrected chi connectivity index (χ4v) is 2.67. The summed E-state index contributed by atoms with van der Waals surface area (Å²) in [5.41, 5.74) is 2.98. The highest BCUT2D eigenvalue weighted by Gasteiger charge is 2.14. The molecule has 1 N–H and O–H groups in total. The Bertz CT molecular complexity index is 1010. The second-order valence-corrected chi connectivity index (χ2v) is 5.55. The van der Waals surface area contributed by atoms with Gasteiger partial charge in [-0.1, -0.05) is 6.07 Å². The van der Waals surface area contributed by atoms with Crippen molar-refractivity contribution in [1.82, 2.24) is 9.97 Å². The molecule has 3 aromatic rings. The van der Waals surface area contributed by atoms with Crippen LogP contribution in [-0.2, 0) is 4.74 Å². The largest absolute Gasteiger partial charge is 0.481 e. The lowest BCUT2D eigenvalue weighted by Crippen LogP contribution is -2.18. The highest BCUT2D eigenvalue weighted by atomic mass is 16.5. The first-order valence-corrected chi connectivity index (χ1v) is 7.89. The van der Waals surface area contributed by atoms with Gasteiger partial charge in [0.25, 0.3) is 0 Å². The average molecular weight is 338 g/mol. The average Bonchev–Trinajstić information content (AvgIpc) is 2.61. The quantitative estimate of drug-likeness (QED) is 0.739. The highest BCUT2D eigenvalue weighted by Crippen LogP contribution is 2.26. The number of aryl methyl sites for hydroxylation is 1. The van der Waals surface area contributed by atoms with Crippen LogP contribution in [0.5, 0.6) is 5.88 Å². The first kappa shape index (κ1) is 16.7. The van der Waals surface area contributed by atoms with Crippen LogP contribution in [0.1, 0.15) is 23.0 Å². The fourth-order valence-electron chi connectivity index (χ4n) is 2.67. The molecule has 0 atom stereocenters. The minimum Gasteiger partial charge on any atom is -0.481 e. The zero-order valence-corrected chi connectivity index (χ0v) is 14.3. The van der Waals surface area contributed by atoms with Crippen molar-refractivity contribution in [3.8, 4) is 17.0 Å². The molecule has 0 aliphatic carbocycles. The molecule has 128 valence electrons. The molecule has 0 spiro atoms. The smallest absolute Gasteiger partial charge is 0.343 e. The summed E-state index contributed by atoms with van der Waals surface area (Å²) in [6.45, 7) is 3.81. The SMILES string of the molecule is CCOC(=O)c1c[nH]c2cc(-c3cc(C)nc(OC)c3)ccc2c1=O. The van der Waals surface area contributed by atoms with E-state index in [2.05, 4.69) is 9.97 Å². The number of pyridine rings is 2. The topological polar surface area (TPSA) is 81.3 Å². The van der Waals surface area contributed by atoms with Gasteiger partial charge in [0, 0.05) is 28.9 Å². The number of esters is 1. The van der Waals surface area contributed by atoms with Crippen molar-refractivity contribution in [2.24, 2.45) is 0 Å². The number of nitrogens with zero attached hydrogens (tertiary/aromatic N) is 1. The monoisotopic (exact) mass is 338 g/mol. The number of benzene rings is 1. The summed E-state index contributed by atoms with van der Waals surface area (Å²) in [6.07, 6.45) is 1.39. The zero-order chi connectivity index (χ0) is 18.0. The Hall–Kier alpha value is -3.15. The van der Waals surface area contributed by atoms with Crippen LogP contribution >= 0.6 is 0 Å². The van der Waals surface area contributed by atoms with Gasteiger partial charge in [-0.05, 0) is 43.2 Å². The molecule has 0 saturated carbocycles. The number of H-pyrrole nitrogens is 1. The summed E-state index contributed by atoms with van der Waals surface area (Å²) < 4.78 is 10.1. The number of methoxy groups -OCH3 is 1. The number of aromatic nitrogens is 2. The molecule has 0 radical (unpaired) electrons. The van der Waals surface area contributed by atoms with E-state index in [1.807, 2.05) is 31.2 Å². The molecule has 2 heterocycles. The number of nitrogens with one attached hydrogen (secondary N) is 1. The van der Waals surface area contributed by atoms with Gasteiger partial charge in [-0.25, -0.2) is 9.78 Å². The van der Waals surface area contributed by atoms with Crippen LogP contribution in [-0.4, -0.2) is 29.7 Å². The molecule has 2 aromatic heterocycles. The van der Waals surface area contributed by atoms with Gasteiger partial charge >= 0.3 is 5.97 Å². The number of carbonyl (C=O) groups excluding carboxylic acids is 1. The van der Waals surface area contributed by atoms with Crippen LogP contribution in [0, 0.1) is 6.92 Å². The molecule has 0 saturated heterocycles. The van der Waals surface area contributed by atoms with Crippen molar-refractivity contribution in [2.75, 3.05) is 13.7 Å². The number of fused-ring (bicyclic) bond motifs is 1. The number of hydrogen-bond donors (Lipinski definition) is 1. The Morgan fingerprint density at radius 3 is 2.72 bits per heavy atom. The van der Waals surface area contributed by atoms with Crippen molar-refractivity contribution in [1.29, 1.82) is 0 Å². The van der Waals surface area contributed by atoms with Crippen molar-refractivity contribution < 1.29 is 14.3 Å². The van der Waals surface area contributed by atoms with Crippen molar-refractivity contribution in [2.45, 2.75) is 13.8 Å². The summed E-state index contributed by atoms with van der Waals surface area (Å²) in [5, 5.41) is 0.437. The van der Waals surface area contributed by atoms with Crippen LogP contribution in [0.15, 0.2) is 41.3 Å². The van der Waals surface area contributed by atoms with Gasteiger partial charge in [-0.2, -0.15) is 0 Å². The molecule has 0 unspecified atom stereocenters. The van der Waals surface area contributed by atoms with E-state index in [1.165, 1.54) is 6.20 Å². The fraction of sp³-hybridized carbons (Fsp3) is 0.211. The lowest BCUT2D eigenvalue weighted by atomic mass is 10.0. The van der Waals surface area contributed by atoms with E-state index in [4.69, 9.17) is 9.47 Å². The number of ether oxygens (including phenoxy) is 2. The van der Waals surface area contributed by atoms with Gasteiger partial charge < -0.3 is 14.5 Å². The minimum absolute atomic E-state index is 0.00326. The number of carbonyl (C=O) groups is 1. The van der Waals surface area contributed by atoms with Crippen LogP contribution in [0.3, 0.4) is 0 Å². The summed E-state index contributed by atoms with van der Waals surface area (Å²) in [4.78, 5) is 31.6. The van der Waals surface area contributed by atoms with Gasteiger partial charge in [-0.15, -0.1) is 0 Å². The third-order valence-electron chi connectivity index (χ3n) is 3.85. The van der Waals surface area contributed by atoms with E-state index in [0.717, 1.165) is 16.8 Å². The zero-order valence-electron chi connectivity index (χ0n) is 14.3. The van der Waals surface area contributed by atoms with E-state index in [9.17, 15) is 9.59 Å². The molecule has 0 amide bonds.